The van der Waals surface area contributed by atoms with Crippen molar-refractivity contribution in [3.05, 3.63) is 58.4 Å². The Kier molecular flexibility index (Phi) is 10.2. The molecule has 0 aromatic carbocycles. The van der Waals surface area contributed by atoms with E-state index >= 15 is 0 Å². The van der Waals surface area contributed by atoms with Crippen LogP contribution in [0.1, 0.15) is 90.1 Å². The number of nitriles is 1. The third-order valence-corrected chi connectivity index (χ3v) is 8.37. The summed E-state index contributed by atoms with van der Waals surface area (Å²) < 4.78 is 55.9. The van der Waals surface area contributed by atoms with Gasteiger partial charge in [-0.15, -0.1) is 0 Å². The van der Waals surface area contributed by atoms with E-state index in [9.17, 15) is 22.4 Å². The minimum atomic E-state index is -2.57. The molecule has 4 aromatic heterocycles. The zero-order chi connectivity index (χ0) is 35.5. The van der Waals surface area contributed by atoms with Crippen LogP contribution >= 0.6 is 0 Å². The zero-order valence-electron chi connectivity index (χ0n) is 27.6. The molecule has 0 bridgehead atoms. The first-order valence-electron chi connectivity index (χ1n) is 15.9. The number of hydrogen-bond donors (Lipinski definition) is 3. The third-order valence-electron chi connectivity index (χ3n) is 8.37. The van der Waals surface area contributed by atoms with Crippen LogP contribution in [-0.4, -0.2) is 69.3 Å². The molecule has 2 saturated carbocycles. The second-order valence-electron chi connectivity index (χ2n) is 12.6. The first-order chi connectivity index (χ1) is 23.1. The van der Waals surface area contributed by atoms with Crippen LogP contribution in [0.2, 0.25) is 0 Å². The number of anilines is 2. The molecule has 0 radical (unpaired) electrons. The number of nitrogens with zero attached hydrogens (tertiary/aromatic N) is 9. The lowest BCUT2D eigenvalue weighted by molar-refractivity contribution is -0.0366. The number of aryl methyl sites for hydroxylation is 4. The predicted molar refractivity (Wildman–Crippen MR) is 172 cm³/mol. The van der Waals surface area contributed by atoms with Gasteiger partial charge in [0.1, 0.15) is 17.7 Å². The highest BCUT2D eigenvalue weighted by molar-refractivity contribution is 5.92. The average molecular weight is 683 g/mol. The maximum Gasteiger partial charge on any atom is 0.269 e. The quantitative estimate of drug-likeness (QED) is 0.211. The molecule has 6 rings (SSSR count). The van der Waals surface area contributed by atoms with E-state index in [1.165, 1.54) is 9.36 Å². The van der Waals surface area contributed by atoms with Gasteiger partial charge < -0.3 is 16.4 Å². The zero-order valence-corrected chi connectivity index (χ0v) is 27.6. The Morgan fingerprint density at radius 2 is 1.20 bits per heavy atom. The molecule has 0 atom stereocenters. The van der Waals surface area contributed by atoms with Crippen molar-refractivity contribution in [2.75, 3.05) is 10.6 Å². The van der Waals surface area contributed by atoms with Crippen LogP contribution in [0, 0.1) is 39.0 Å². The van der Waals surface area contributed by atoms with Crippen molar-refractivity contribution in [2.45, 2.75) is 103 Å². The van der Waals surface area contributed by atoms with E-state index in [0.29, 0.717) is 66.2 Å². The summed E-state index contributed by atoms with van der Waals surface area (Å²) in [5.74, 6) is -3.97. The molecule has 2 aliphatic carbocycles. The Bertz CT molecular complexity index is 1840. The normalized spacial score (nSPS) is 17.4. The van der Waals surface area contributed by atoms with Gasteiger partial charge in [0.2, 0.25) is 11.8 Å². The van der Waals surface area contributed by atoms with Crippen molar-refractivity contribution in [3.63, 3.8) is 0 Å². The van der Waals surface area contributed by atoms with Crippen molar-refractivity contribution in [1.29, 1.82) is 5.26 Å². The van der Waals surface area contributed by atoms with Crippen LogP contribution < -0.4 is 16.4 Å². The summed E-state index contributed by atoms with van der Waals surface area (Å²) in [6.45, 7) is 7.14. The molecule has 0 aliphatic heterocycles. The van der Waals surface area contributed by atoms with Gasteiger partial charge in [0.25, 0.3) is 17.8 Å². The van der Waals surface area contributed by atoms with Crippen LogP contribution in [0.3, 0.4) is 0 Å². The molecule has 1 amide bonds. The fourth-order valence-corrected chi connectivity index (χ4v) is 5.72. The minimum Gasteiger partial charge on any atom is -0.367 e. The van der Waals surface area contributed by atoms with Gasteiger partial charge in [0.15, 0.2) is 11.4 Å². The van der Waals surface area contributed by atoms with Crippen LogP contribution in [0.15, 0.2) is 24.5 Å². The van der Waals surface area contributed by atoms with Crippen molar-refractivity contribution in [2.24, 2.45) is 5.73 Å². The lowest BCUT2D eigenvalue weighted by Gasteiger charge is -2.29. The van der Waals surface area contributed by atoms with E-state index in [-0.39, 0.29) is 43.5 Å². The Labute approximate surface area is 280 Å². The largest absolute Gasteiger partial charge is 0.367 e. The smallest absolute Gasteiger partial charge is 0.269 e. The summed E-state index contributed by atoms with van der Waals surface area (Å²) in [5, 5.41) is 23.7. The summed E-state index contributed by atoms with van der Waals surface area (Å²) in [7, 11) is 0. The number of alkyl halides is 4. The van der Waals surface area contributed by atoms with E-state index in [4.69, 9.17) is 11.0 Å². The number of hydrogen-bond acceptors (Lipinski definition) is 10. The van der Waals surface area contributed by atoms with Crippen LogP contribution in [-0.2, 0) is 0 Å². The maximum absolute atomic E-state index is 13.3. The van der Waals surface area contributed by atoms with E-state index in [0.717, 1.165) is 11.3 Å². The number of carbonyl (C=O) groups excluding carboxylic acids is 1. The average Bonchev–Trinajstić information content (AvgIpc) is 3.61. The van der Waals surface area contributed by atoms with Crippen LogP contribution in [0.5, 0.6) is 0 Å². The lowest BCUT2D eigenvalue weighted by Crippen LogP contribution is -2.32. The highest BCUT2D eigenvalue weighted by Gasteiger charge is 2.36. The lowest BCUT2D eigenvalue weighted by atomic mass is 9.92. The molecule has 2 fully saturated rings. The van der Waals surface area contributed by atoms with Crippen molar-refractivity contribution >= 4 is 17.5 Å². The summed E-state index contributed by atoms with van der Waals surface area (Å²) in [4.78, 5) is 28.8. The second-order valence-corrected chi connectivity index (χ2v) is 12.6. The van der Waals surface area contributed by atoms with Gasteiger partial charge in [0, 0.05) is 84.8 Å². The van der Waals surface area contributed by atoms with Gasteiger partial charge in [-0.05, 0) is 53.4 Å². The van der Waals surface area contributed by atoms with Gasteiger partial charge in [-0.1, -0.05) is 0 Å². The second kappa shape index (κ2) is 14.1. The fourth-order valence-electron chi connectivity index (χ4n) is 5.72. The molecule has 4 N–H and O–H groups in total. The number of aromatic nitrogens is 8. The molecule has 0 saturated heterocycles. The highest BCUT2D eigenvalue weighted by Crippen LogP contribution is 2.35. The topological polar surface area (TPSA) is 178 Å². The molecule has 4 aromatic rings. The van der Waals surface area contributed by atoms with Crippen molar-refractivity contribution in [3.8, 4) is 18.0 Å². The number of halogens is 4. The molecule has 4 heterocycles. The van der Waals surface area contributed by atoms with Crippen molar-refractivity contribution in [1.82, 2.24) is 39.5 Å². The molecular weight excluding hydrogens is 644 g/mol. The maximum atomic E-state index is 13.3. The van der Waals surface area contributed by atoms with Gasteiger partial charge in [-0.25, -0.2) is 36.9 Å². The summed E-state index contributed by atoms with van der Waals surface area (Å²) in [6, 6.07) is 5.46. The molecule has 2 aliphatic rings. The van der Waals surface area contributed by atoms with Crippen LogP contribution in [0.25, 0.3) is 11.9 Å². The number of amides is 1. The summed E-state index contributed by atoms with van der Waals surface area (Å²) in [5.41, 5.74) is 8.56. The molecule has 260 valence electrons. The summed E-state index contributed by atoms with van der Waals surface area (Å²) in [6.07, 6.45) is 4.45. The Hall–Kier alpha value is -5.14. The van der Waals surface area contributed by atoms with E-state index < -0.39 is 17.8 Å². The number of primary amides is 1. The molecular formula is C32H38F4N12O. The van der Waals surface area contributed by atoms with Crippen molar-refractivity contribution < 1.29 is 22.4 Å². The number of nitrogens with two attached hydrogens (primary N) is 1. The van der Waals surface area contributed by atoms with E-state index in [1.54, 1.807) is 45.3 Å². The molecule has 49 heavy (non-hydrogen) atoms. The number of nitrogens with one attached hydrogen (secondary N) is 2. The molecule has 0 spiro atoms. The molecule has 17 heteroatoms. The Morgan fingerprint density at radius 3 is 1.59 bits per heavy atom. The molecule has 13 nitrogen and oxygen atoms in total. The fraction of sp³-hybridized carbons (Fsp3) is 0.500. The summed E-state index contributed by atoms with van der Waals surface area (Å²) >= 11 is 0. The first-order valence-corrected chi connectivity index (χ1v) is 15.9. The number of carbonyl (C=O) groups is 1. The first kappa shape index (κ1) is 35.2. The van der Waals surface area contributed by atoms with Gasteiger partial charge in [0.05, 0.1) is 0 Å². The van der Waals surface area contributed by atoms with E-state index in [1.807, 2.05) is 13.0 Å². The van der Waals surface area contributed by atoms with Gasteiger partial charge in [-0.3, -0.25) is 4.79 Å². The standard InChI is InChI=1S/C16H20F2N6O.C16H18F2N6/c1-9-8-24(23-13(9)14(19)25)15-20-10(2)7-12(22-15)21-11-3-5-16(17,18)6-4-11;1-10-9-24(23-13(10)8-19)15-20-11(2)7-14(22-15)21-12-3-5-16(17,18)6-4-12/h7-8,11H,3-6H2,1-2H3,(H2,19,25)(H,20,21,22);7,9,12H,3-6H2,1-2H3,(H,20,21,22). The monoisotopic (exact) mass is 682 g/mol. The third kappa shape index (κ3) is 9.06. The van der Waals surface area contributed by atoms with Gasteiger partial charge in [-0.2, -0.15) is 25.4 Å². The molecule has 0 unspecified atom stereocenters. The number of rotatable bonds is 7. The Balaban J connectivity index is 0.000000191. The van der Waals surface area contributed by atoms with Crippen LogP contribution in [0.4, 0.5) is 29.2 Å². The Morgan fingerprint density at radius 1 is 0.776 bits per heavy atom. The van der Waals surface area contributed by atoms with E-state index in [2.05, 4.69) is 40.8 Å². The highest BCUT2D eigenvalue weighted by atomic mass is 19.3. The van der Waals surface area contributed by atoms with Gasteiger partial charge >= 0.3 is 0 Å². The SMILES string of the molecule is Cc1cc(NC2CCC(F)(F)CC2)nc(-n2cc(C)c(C#N)n2)n1.Cc1cc(NC2CCC(F)(F)CC2)nc(-n2cc(C)c(C(N)=O)n2)n1. The predicted octanol–water partition coefficient (Wildman–Crippen LogP) is 5.51. The minimum absolute atomic E-state index is 0.0270.